The lowest BCUT2D eigenvalue weighted by atomic mass is 10.1. The van der Waals surface area contributed by atoms with Crippen LogP contribution >= 0.6 is 22.9 Å². The number of benzene rings is 1. The van der Waals surface area contributed by atoms with Gasteiger partial charge in [0.1, 0.15) is 5.82 Å². The quantitative estimate of drug-likeness (QED) is 0.441. The summed E-state index contributed by atoms with van der Waals surface area (Å²) in [6.07, 6.45) is 9.75. The van der Waals surface area contributed by atoms with E-state index in [2.05, 4.69) is 56.1 Å². The van der Waals surface area contributed by atoms with Gasteiger partial charge in [0.2, 0.25) is 0 Å². The summed E-state index contributed by atoms with van der Waals surface area (Å²) in [6.45, 7) is 3.69. The Morgan fingerprint density at radius 1 is 1.10 bits per heavy atom. The summed E-state index contributed by atoms with van der Waals surface area (Å²) in [5.41, 5.74) is 5.16. The van der Waals surface area contributed by atoms with Gasteiger partial charge in [0.25, 0.3) is 0 Å². The van der Waals surface area contributed by atoms with E-state index in [0.29, 0.717) is 10.4 Å². The molecule has 1 fully saturated rings. The van der Waals surface area contributed by atoms with Crippen LogP contribution in [0.2, 0.25) is 4.47 Å². The number of rotatable bonds is 5. The van der Waals surface area contributed by atoms with Crippen molar-refractivity contribution in [2.45, 2.75) is 44.8 Å². The summed E-state index contributed by atoms with van der Waals surface area (Å²) >= 11 is 7.58. The van der Waals surface area contributed by atoms with Crippen LogP contribution in [0.5, 0.6) is 0 Å². The van der Waals surface area contributed by atoms with Crippen molar-refractivity contribution in [3.63, 3.8) is 0 Å². The van der Waals surface area contributed by atoms with Crippen molar-refractivity contribution in [3.05, 3.63) is 74.8 Å². The number of hydrogen-bond donors (Lipinski definition) is 0. The number of aromatic nitrogens is 4. The molecule has 4 aromatic rings. The molecule has 152 valence electrons. The molecule has 1 saturated carbocycles. The van der Waals surface area contributed by atoms with Crippen LogP contribution in [0.4, 0.5) is 0 Å². The lowest BCUT2D eigenvalue weighted by Crippen LogP contribution is -2.31. The molecule has 5 nitrogen and oxygen atoms in total. The molecular formula is C23H22ClN5S. The molecule has 0 amide bonds. The van der Waals surface area contributed by atoms with Gasteiger partial charge in [-0.2, -0.15) is 0 Å². The smallest absolute Gasteiger partial charge is 0.183 e. The highest BCUT2D eigenvalue weighted by atomic mass is 35.5. The van der Waals surface area contributed by atoms with E-state index in [-0.39, 0.29) is 0 Å². The molecule has 3 aromatic heterocycles. The standard InChI is InChI=1S/C23H22ClN5S/c24-23-26-10-18(30-23)14-29-13-17(19-3-1-2-4-21(19)29)12-28-8-7-20-16(11-28)9-25-22(27-20)15-5-6-15/h1-4,9-10,13,15H,5-8,11-12,14H2. The molecule has 1 aliphatic heterocycles. The van der Waals surface area contributed by atoms with E-state index in [1.165, 1.54) is 45.4 Å². The van der Waals surface area contributed by atoms with Crippen LogP contribution in [0.15, 0.2) is 42.9 Å². The second kappa shape index (κ2) is 7.45. The van der Waals surface area contributed by atoms with Gasteiger partial charge in [-0.1, -0.05) is 29.8 Å². The highest BCUT2D eigenvalue weighted by Gasteiger charge is 2.28. The molecule has 1 aliphatic carbocycles. The summed E-state index contributed by atoms with van der Waals surface area (Å²) in [7, 11) is 0. The predicted molar refractivity (Wildman–Crippen MR) is 120 cm³/mol. The van der Waals surface area contributed by atoms with E-state index in [4.69, 9.17) is 16.6 Å². The molecule has 0 bridgehead atoms. The number of thiazole rings is 1. The third kappa shape index (κ3) is 3.53. The molecule has 6 rings (SSSR count). The number of para-hydroxylation sites is 1. The zero-order valence-corrected chi connectivity index (χ0v) is 18.2. The Morgan fingerprint density at radius 2 is 2.00 bits per heavy atom. The zero-order chi connectivity index (χ0) is 20.1. The molecule has 0 N–H and O–H groups in total. The maximum atomic E-state index is 6.03. The Kier molecular flexibility index (Phi) is 4.59. The summed E-state index contributed by atoms with van der Waals surface area (Å²) in [5.74, 6) is 1.68. The summed E-state index contributed by atoms with van der Waals surface area (Å²) in [4.78, 5) is 17.4. The number of fused-ring (bicyclic) bond motifs is 2. The summed E-state index contributed by atoms with van der Waals surface area (Å²) in [6, 6.07) is 8.65. The first-order valence-electron chi connectivity index (χ1n) is 10.5. The van der Waals surface area contributed by atoms with Crippen molar-refractivity contribution in [1.82, 2.24) is 24.4 Å². The van der Waals surface area contributed by atoms with E-state index in [0.717, 1.165) is 38.4 Å². The minimum atomic E-state index is 0.598. The molecule has 30 heavy (non-hydrogen) atoms. The third-order valence-electron chi connectivity index (χ3n) is 6.09. The summed E-state index contributed by atoms with van der Waals surface area (Å²) < 4.78 is 2.91. The Morgan fingerprint density at radius 3 is 2.83 bits per heavy atom. The Labute approximate surface area is 184 Å². The van der Waals surface area contributed by atoms with Gasteiger partial charge in [-0.05, 0) is 24.5 Å². The average molecular weight is 436 g/mol. The van der Waals surface area contributed by atoms with Gasteiger partial charge >= 0.3 is 0 Å². The lowest BCUT2D eigenvalue weighted by molar-refractivity contribution is 0.243. The first-order valence-corrected chi connectivity index (χ1v) is 11.7. The van der Waals surface area contributed by atoms with Gasteiger partial charge < -0.3 is 4.57 Å². The van der Waals surface area contributed by atoms with Crippen LogP contribution in [0.25, 0.3) is 10.9 Å². The van der Waals surface area contributed by atoms with E-state index in [9.17, 15) is 0 Å². The molecule has 0 saturated heterocycles. The maximum absolute atomic E-state index is 6.03. The van der Waals surface area contributed by atoms with Crippen molar-refractivity contribution in [2.75, 3.05) is 6.54 Å². The third-order valence-corrected chi connectivity index (χ3v) is 7.19. The van der Waals surface area contributed by atoms with Gasteiger partial charge in [-0.3, -0.25) is 4.90 Å². The number of halogens is 1. The average Bonchev–Trinajstić information content (AvgIpc) is 3.46. The number of nitrogens with zero attached hydrogens (tertiary/aromatic N) is 5. The lowest BCUT2D eigenvalue weighted by Gasteiger charge is -2.28. The van der Waals surface area contributed by atoms with E-state index in [1.807, 2.05) is 6.20 Å². The van der Waals surface area contributed by atoms with Crippen molar-refractivity contribution in [2.24, 2.45) is 0 Å². The SMILES string of the molecule is Clc1ncc(Cn2cc(CN3CCc4nc(C5CC5)ncc4C3)c3ccccc32)s1. The van der Waals surface area contributed by atoms with Crippen LogP contribution in [0.1, 0.15) is 46.3 Å². The fourth-order valence-corrected chi connectivity index (χ4v) is 5.39. The van der Waals surface area contributed by atoms with Crippen molar-refractivity contribution in [3.8, 4) is 0 Å². The van der Waals surface area contributed by atoms with E-state index >= 15 is 0 Å². The molecule has 0 atom stereocenters. The Bertz CT molecular complexity index is 1230. The van der Waals surface area contributed by atoms with Crippen LogP contribution < -0.4 is 0 Å². The molecule has 0 spiro atoms. The first-order chi connectivity index (χ1) is 14.7. The van der Waals surface area contributed by atoms with E-state index in [1.54, 1.807) is 11.3 Å². The fraction of sp³-hybridized carbons (Fsp3) is 0.348. The van der Waals surface area contributed by atoms with Gasteiger partial charge in [0.15, 0.2) is 4.47 Å². The van der Waals surface area contributed by atoms with Gasteiger partial charge in [0.05, 0.1) is 6.54 Å². The normalized spacial score (nSPS) is 16.8. The van der Waals surface area contributed by atoms with Crippen molar-refractivity contribution < 1.29 is 0 Å². The highest BCUT2D eigenvalue weighted by Crippen LogP contribution is 2.38. The van der Waals surface area contributed by atoms with Crippen LogP contribution in [0.3, 0.4) is 0 Å². The van der Waals surface area contributed by atoms with Crippen LogP contribution in [-0.4, -0.2) is 31.0 Å². The predicted octanol–water partition coefficient (Wildman–Crippen LogP) is 5.03. The topological polar surface area (TPSA) is 46.8 Å². The zero-order valence-electron chi connectivity index (χ0n) is 16.6. The Hall–Kier alpha value is -2.28. The van der Waals surface area contributed by atoms with Crippen molar-refractivity contribution >= 4 is 33.8 Å². The molecule has 0 radical (unpaired) electrons. The van der Waals surface area contributed by atoms with Crippen molar-refractivity contribution in [1.29, 1.82) is 0 Å². The minimum absolute atomic E-state index is 0.598. The maximum Gasteiger partial charge on any atom is 0.183 e. The molecule has 1 aromatic carbocycles. The monoisotopic (exact) mass is 435 g/mol. The van der Waals surface area contributed by atoms with E-state index < -0.39 is 0 Å². The summed E-state index contributed by atoms with van der Waals surface area (Å²) in [5, 5.41) is 1.32. The van der Waals surface area contributed by atoms with Crippen LogP contribution in [0, 0.1) is 0 Å². The fourth-order valence-electron chi connectivity index (χ4n) is 4.41. The Balaban J connectivity index is 1.25. The van der Waals surface area contributed by atoms with Gasteiger partial charge in [0, 0.05) is 77.6 Å². The largest absolute Gasteiger partial charge is 0.342 e. The second-order valence-electron chi connectivity index (χ2n) is 8.31. The second-order valence-corrected chi connectivity index (χ2v) is 10.0. The molecular weight excluding hydrogens is 414 g/mol. The molecule has 2 aliphatic rings. The molecule has 7 heteroatoms. The van der Waals surface area contributed by atoms with Gasteiger partial charge in [-0.15, -0.1) is 11.3 Å². The van der Waals surface area contributed by atoms with Gasteiger partial charge in [-0.25, -0.2) is 15.0 Å². The molecule has 0 unspecified atom stereocenters. The minimum Gasteiger partial charge on any atom is -0.342 e. The highest BCUT2D eigenvalue weighted by molar-refractivity contribution is 7.15. The van der Waals surface area contributed by atoms with Crippen LogP contribution in [-0.2, 0) is 26.1 Å². The first kappa shape index (κ1) is 18.5. The number of hydrogen-bond acceptors (Lipinski definition) is 5. The molecule has 4 heterocycles.